The Kier molecular flexibility index (Phi) is 5.50. The van der Waals surface area contributed by atoms with Crippen LogP contribution in [0.3, 0.4) is 0 Å². The van der Waals surface area contributed by atoms with E-state index in [0.717, 1.165) is 12.5 Å². The summed E-state index contributed by atoms with van der Waals surface area (Å²) in [6.45, 7) is 3.19. The zero-order valence-electron chi connectivity index (χ0n) is 14.3. The van der Waals surface area contributed by atoms with Crippen LogP contribution in [0.5, 0.6) is 0 Å². The van der Waals surface area contributed by atoms with Crippen molar-refractivity contribution in [3.05, 3.63) is 34.1 Å². The highest BCUT2D eigenvalue weighted by atomic mass is 32.1. The Morgan fingerprint density at radius 3 is 2.79 bits per heavy atom. The van der Waals surface area contributed by atoms with Gasteiger partial charge in [-0.05, 0) is 24.3 Å². The van der Waals surface area contributed by atoms with E-state index in [-0.39, 0.29) is 5.41 Å². The SMILES string of the molecule is CN=C(NCc1noc(C)n1)NCC1(c2cccs2)CCCCC1. The summed E-state index contributed by atoms with van der Waals surface area (Å²) >= 11 is 1.87. The van der Waals surface area contributed by atoms with Gasteiger partial charge >= 0.3 is 0 Å². The molecule has 0 aliphatic heterocycles. The highest BCUT2D eigenvalue weighted by Gasteiger charge is 2.34. The van der Waals surface area contributed by atoms with E-state index in [9.17, 15) is 0 Å². The molecule has 2 aromatic rings. The fourth-order valence-electron chi connectivity index (χ4n) is 3.37. The van der Waals surface area contributed by atoms with Crippen molar-refractivity contribution >= 4 is 17.3 Å². The van der Waals surface area contributed by atoms with Crippen LogP contribution in [-0.2, 0) is 12.0 Å². The molecule has 3 rings (SSSR count). The standard InChI is InChI=1S/C17H25N5OS/c1-13-21-15(22-23-13)11-19-16(18-2)20-12-17(8-4-3-5-9-17)14-7-6-10-24-14/h6-7,10H,3-5,8-9,11-12H2,1-2H3,(H2,18,19,20). The van der Waals surface area contributed by atoms with Crippen LogP contribution >= 0.6 is 11.3 Å². The summed E-state index contributed by atoms with van der Waals surface area (Å²) in [6, 6.07) is 4.43. The summed E-state index contributed by atoms with van der Waals surface area (Å²) in [5.74, 6) is 1.99. The average Bonchev–Trinajstić information content (AvgIpc) is 3.28. The molecule has 0 amide bonds. The first-order valence-electron chi connectivity index (χ1n) is 8.49. The molecule has 7 heteroatoms. The van der Waals surface area contributed by atoms with Crippen LogP contribution in [0.25, 0.3) is 0 Å². The van der Waals surface area contributed by atoms with Gasteiger partial charge in [0.05, 0.1) is 6.54 Å². The van der Waals surface area contributed by atoms with Gasteiger partial charge in [-0.3, -0.25) is 4.99 Å². The van der Waals surface area contributed by atoms with Crippen LogP contribution < -0.4 is 10.6 Å². The van der Waals surface area contributed by atoms with Crippen LogP contribution in [0, 0.1) is 6.92 Å². The third-order valence-electron chi connectivity index (χ3n) is 4.66. The number of nitrogens with zero attached hydrogens (tertiary/aromatic N) is 3. The van der Waals surface area contributed by atoms with Gasteiger partial charge in [0.2, 0.25) is 5.89 Å². The molecule has 2 N–H and O–H groups in total. The third kappa shape index (κ3) is 3.95. The Morgan fingerprint density at radius 1 is 1.33 bits per heavy atom. The van der Waals surface area contributed by atoms with Gasteiger partial charge in [0, 0.05) is 30.8 Å². The average molecular weight is 347 g/mol. The number of hydrogen-bond donors (Lipinski definition) is 2. The van der Waals surface area contributed by atoms with Crippen molar-refractivity contribution in [2.75, 3.05) is 13.6 Å². The highest BCUT2D eigenvalue weighted by Crippen LogP contribution is 2.41. The second kappa shape index (κ2) is 7.79. The molecule has 1 aliphatic carbocycles. The van der Waals surface area contributed by atoms with Gasteiger partial charge in [0.1, 0.15) is 0 Å². The maximum absolute atomic E-state index is 4.99. The largest absolute Gasteiger partial charge is 0.355 e. The first-order valence-corrected chi connectivity index (χ1v) is 9.37. The van der Waals surface area contributed by atoms with Crippen molar-refractivity contribution in [3.63, 3.8) is 0 Å². The Morgan fingerprint density at radius 2 is 2.17 bits per heavy atom. The molecule has 6 nitrogen and oxygen atoms in total. The van der Waals surface area contributed by atoms with Gasteiger partial charge in [-0.25, -0.2) is 0 Å². The maximum atomic E-state index is 4.99. The van der Waals surface area contributed by atoms with Gasteiger partial charge in [0.15, 0.2) is 11.8 Å². The first-order chi connectivity index (χ1) is 11.7. The van der Waals surface area contributed by atoms with Gasteiger partial charge in [-0.15, -0.1) is 11.3 Å². The number of aliphatic imine (C=N–C) groups is 1. The van der Waals surface area contributed by atoms with E-state index in [1.807, 2.05) is 11.3 Å². The number of aromatic nitrogens is 2. The van der Waals surface area contributed by atoms with Crippen LogP contribution in [0.4, 0.5) is 0 Å². The van der Waals surface area contributed by atoms with E-state index < -0.39 is 0 Å². The predicted molar refractivity (Wildman–Crippen MR) is 96.3 cm³/mol. The van der Waals surface area contributed by atoms with Gasteiger partial charge in [-0.1, -0.05) is 30.5 Å². The lowest BCUT2D eigenvalue weighted by Gasteiger charge is -2.37. The molecule has 1 saturated carbocycles. The van der Waals surface area contributed by atoms with Crippen LogP contribution in [0.2, 0.25) is 0 Å². The molecule has 2 heterocycles. The minimum Gasteiger partial charge on any atom is -0.355 e. The number of nitrogens with one attached hydrogen (secondary N) is 2. The molecule has 0 spiro atoms. The number of guanidine groups is 1. The lowest BCUT2D eigenvalue weighted by atomic mass is 9.73. The molecule has 0 radical (unpaired) electrons. The molecular formula is C17H25N5OS. The lowest BCUT2D eigenvalue weighted by molar-refractivity contribution is 0.296. The van der Waals surface area contributed by atoms with Crippen LogP contribution in [-0.4, -0.2) is 29.7 Å². The molecular weight excluding hydrogens is 322 g/mol. The number of rotatable bonds is 5. The van der Waals surface area contributed by atoms with Crippen molar-refractivity contribution in [2.45, 2.75) is 51.0 Å². The first kappa shape index (κ1) is 17.0. The third-order valence-corrected chi connectivity index (χ3v) is 5.77. The molecule has 0 bridgehead atoms. The maximum Gasteiger partial charge on any atom is 0.223 e. The number of aryl methyl sites for hydroxylation is 1. The van der Waals surface area contributed by atoms with E-state index >= 15 is 0 Å². The molecule has 0 atom stereocenters. The molecule has 1 fully saturated rings. The number of hydrogen-bond acceptors (Lipinski definition) is 5. The zero-order chi connectivity index (χ0) is 16.8. The fraction of sp³-hybridized carbons (Fsp3) is 0.588. The molecule has 24 heavy (non-hydrogen) atoms. The highest BCUT2D eigenvalue weighted by molar-refractivity contribution is 7.10. The minimum absolute atomic E-state index is 0.229. The monoisotopic (exact) mass is 347 g/mol. The summed E-state index contributed by atoms with van der Waals surface area (Å²) in [4.78, 5) is 10.0. The van der Waals surface area contributed by atoms with Crippen LogP contribution in [0.1, 0.15) is 48.7 Å². The lowest BCUT2D eigenvalue weighted by Crippen LogP contribution is -2.46. The quantitative estimate of drug-likeness (QED) is 0.642. The summed E-state index contributed by atoms with van der Waals surface area (Å²) in [5, 5.41) is 12.8. The predicted octanol–water partition coefficient (Wildman–Crippen LogP) is 3.01. The Bertz CT molecular complexity index is 658. The topological polar surface area (TPSA) is 75.3 Å². The Hall–Kier alpha value is -1.89. The van der Waals surface area contributed by atoms with Crippen molar-refractivity contribution in [3.8, 4) is 0 Å². The molecule has 130 valence electrons. The van der Waals surface area contributed by atoms with Gasteiger partial charge in [-0.2, -0.15) is 4.98 Å². The summed E-state index contributed by atoms with van der Waals surface area (Å²) in [6.07, 6.45) is 6.42. The molecule has 1 aliphatic rings. The smallest absolute Gasteiger partial charge is 0.223 e. The minimum atomic E-state index is 0.229. The van der Waals surface area contributed by atoms with Crippen molar-refractivity contribution in [1.29, 1.82) is 0 Å². The fourth-order valence-corrected chi connectivity index (χ4v) is 4.36. The van der Waals surface area contributed by atoms with E-state index in [2.05, 4.69) is 43.3 Å². The molecule has 0 unspecified atom stereocenters. The van der Waals surface area contributed by atoms with Crippen LogP contribution in [0.15, 0.2) is 27.0 Å². The van der Waals surface area contributed by atoms with E-state index in [1.165, 1.54) is 37.0 Å². The summed E-state index contributed by atoms with van der Waals surface area (Å²) in [5.41, 5.74) is 0.229. The van der Waals surface area contributed by atoms with Gasteiger partial charge < -0.3 is 15.2 Å². The second-order valence-electron chi connectivity index (χ2n) is 6.33. The van der Waals surface area contributed by atoms with Crippen molar-refractivity contribution in [2.24, 2.45) is 4.99 Å². The molecule has 0 aromatic carbocycles. The number of thiophene rings is 1. The summed E-state index contributed by atoms with van der Waals surface area (Å²) < 4.78 is 4.99. The molecule has 0 saturated heterocycles. The zero-order valence-corrected chi connectivity index (χ0v) is 15.2. The Labute approximate surface area is 146 Å². The second-order valence-corrected chi connectivity index (χ2v) is 7.27. The van der Waals surface area contributed by atoms with E-state index in [1.54, 1.807) is 14.0 Å². The molecule has 2 aromatic heterocycles. The summed E-state index contributed by atoms with van der Waals surface area (Å²) in [7, 11) is 1.79. The normalized spacial score (nSPS) is 17.7. The Balaban J connectivity index is 1.60. The van der Waals surface area contributed by atoms with E-state index in [0.29, 0.717) is 18.3 Å². The van der Waals surface area contributed by atoms with Crippen molar-refractivity contribution < 1.29 is 4.52 Å². The van der Waals surface area contributed by atoms with Crippen molar-refractivity contribution in [1.82, 2.24) is 20.8 Å². The van der Waals surface area contributed by atoms with E-state index in [4.69, 9.17) is 4.52 Å². The van der Waals surface area contributed by atoms with Gasteiger partial charge in [0.25, 0.3) is 0 Å².